The second-order valence-electron chi connectivity index (χ2n) is 7.08. The molecule has 1 amide bonds. The van der Waals surface area contributed by atoms with Crippen LogP contribution >= 0.6 is 11.6 Å². The van der Waals surface area contributed by atoms with Gasteiger partial charge in [0.1, 0.15) is 11.6 Å². The lowest BCUT2D eigenvalue weighted by Gasteiger charge is -2.35. The van der Waals surface area contributed by atoms with Crippen LogP contribution in [-0.4, -0.2) is 47.0 Å². The van der Waals surface area contributed by atoms with E-state index in [1.807, 2.05) is 48.2 Å². The fourth-order valence-corrected chi connectivity index (χ4v) is 3.12. The second-order valence-corrected chi connectivity index (χ2v) is 7.51. The summed E-state index contributed by atoms with van der Waals surface area (Å²) in [7, 11) is 0. The van der Waals surface area contributed by atoms with E-state index in [0.29, 0.717) is 24.0 Å². The van der Waals surface area contributed by atoms with Gasteiger partial charge in [-0.15, -0.1) is 0 Å². The molecule has 1 saturated heterocycles. The molecule has 1 aliphatic rings. The number of hydrogen-bond donors (Lipinski definition) is 0. The fraction of sp³-hybridized carbons (Fsp3) is 0.381. The van der Waals surface area contributed by atoms with Crippen molar-refractivity contribution < 1.29 is 4.79 Å². The summed E-state index contributed by atoms with van der Waals surface area (Å²) in [6.45, 7) is 9.11. The van der Waals surface area contributed by atoms with Crippen molar-refractivity contribution in [3.8, 4) is 0 Å². The topological polar surface area (TPSA) is 49.3 Å². The van der Waals surface area contributed by atoms with Crippen molar-refractivity contribution in [3.63, 3.8) is 0 Å². The van der Waals surface area contributed by atoms with Gasteiger partial charge in [0.05, 0.1) is 0 Å². The molecular formula is C21H25ClN4O. The van der Waals surface area contributed by atoms with Crippen molar-refractivity contribution in [3.05, 3.63) is 58.5 Å². The van der Waals surface area contributed by atoms with Gasteiger partial charge >= 0.3 is 0 Å². The number of halogens is 1. The Morgan fingerprint density at radius 2 is 1.78 bits per heavy atom. The molecule has 142 valence electrons. The van der Waals surface area contributed by atoms with E-state index in [1.165, 1.54) is 0 Å². The van der Waals surface area contributed by atoms with E-state index < -0.39 is 0 Å². The first-order chi connectivity index (χ1) is 12.9. The summed E-state index contributed by atoms with van der Waals surface area (Å²) in [5.74, 6) is 2.15. The number of rotatable bonds is 4. The van der Waals surface area contributed by atoms with Crippen LogP contribution in [0.15, 0.2) is 36.4 Å². The highest BCUT2D eigenvalue weighted by Crippen LogP contribution is 2.19. The quantitative estimate of drug-likeness (QED) is 0.749. The average molecular weight is 385 g/mol. The monoisotopic (exact) mass is 384 g/mol. The number of piperazine rings is 1. The van der Waals surface area contributed by atoms with Gasteiger partial charge in [0, 0.05) is 55.0 Å². The molecule has 0 aliphatic carbocycles. The van der Waals surface area contributed by atoms with Crippen LogP contribution in [0.3, 0.4) is 0 Å². The molecule has 0 spiro atoms. The molecule has 2 heterocycles. The van der Waals surface area contributed by atoms with Crippen molar-refractivity contribution in [2.45, 2.75) is 26.7 Å². The van der Waals surface area contributed by atoms with Gasteiger partial charge in [-0.2, -0.15) is 0 Å². The third kappa shape index (κ3) is 5.07. The zero-order valence-corrected chi connectivity index (χ0v) is 16.8. The number of benzene rings is 1. The van der Waals surface area contributed by atoms with Crippen LogP contribution in [0.25, 0.3) is 6.08 Å². The van der Waals surface area contributed by atoms with Crippen molar-refractivity contribution in [1.82, 2.24) is 14.9 Å². The van der Waals surface area contributed by atoms with E-state index in [0.717, 1.165) is 36.0 Å². The molecule has 0 unspecified atom stereocenters. The maximum absolute atomic E-state index is 12.4. The largest absolute Gasteiger partial charge is 0.353 e. The number of aromatic nitrogens is 2. The molecular weight excluding hydrogens is 360 g/mol. The Kier molecular flexibility index (Phi) is 6.11. The first-order valence-corrected chi connectivity index (χ1v) is 9.63. The Balaban J connectivity index is 1.60. The Labute approximate surface area is 165 Å². The molecule has 0 saturated carbocycles. The minimum Gasteiger partial charge on any atom is -0.353 e. The highest BCUT2D eigenvalue weighted by atomic mass is 35.5. The van der Waals surface area contributed by atoms with E-state index >= 15 is 0 Å². The molecule has 3 rings (SSSR count). The summed E-state index contributed by atoms with van der Waals surface area (Å²) in [6.07, 6.45) is 3.46. The van der Waals surface area contributed by atoms with E-state index in [2.05, 4.69) is 23.7 Å². The minimum absolute atomic E-state index is 0.0336. The predicted molar refractivity (Wildman–Crippen MR) is 110 cm³/mol. The number of anilines is 1. The van der Waals surface area contributed by atoms with E-state index in [1.54, 1.807) is 6.08 Å². The lowest BCUT2D eigenvalue weighted by atomic mass is 10.2. The Morgan fingerprint density at radius 3 is 2.41 bits per heavy atom. The zero-order chi connectivity index (χ0) is 19.4. The lowest BCUT2D eigenvalue weighted by Crippen LogP contribution is -2.48. The standard InChI is InChI=1S/C21H25ClN4O/c1-15(2)21-23-16(3)14-19(24-21)25-10-12-26(13-11-25)20(27)9-6-17-4-7-18(22)8-5-17/h4-9,14-15H,10-13H2,1-3H3/b9-6+. The van der Waals surface area contributed by atoms with Crippen LogP contribution < -0.4 is 4.90 Å². The fourth-order valence-electron chi connectivity index (χ4n) is 3.00. The molecule has 0 bridgehead atoms. The van der Waals surface area contributed by atoms with Gasteiger partial charge in [-0.25, -0.2) is 9.97 Å². The van der Waals surface area contributed by atoms with Gasteiger partial charge in [0.25, 0.3) is 0 Å². The molecule has 6 heteroatoms. The van der Waals surface area contributed by atoms with E-state index in [9.17, 15) is 4.79 Å². The number of carbonyl (C=O) groups excluding carboxylic acids is 1. The molecule has 0 radical (unpaired) electrons. The van der Waals surface area contributed by atoms with Crippen LogP contribution in [0.1, 0.15) is 36.8 Å². The van der Waals surface area contributed by atoms with Crippen molar-refractivity contribution in [1.29, 1.82) is 0 Å². The van der Waals surface area contributed by atoms with E-state index in [-0.39, 0.29) is 5.91 Å². The van der Waals surface area contributed by atoms with Gasteiger partial charge in [0.2, 0.25) is 5.91 Å². The maximum Gasteiger partial charge on any atom is 0.246 e. The van der Waals surface area contributed by atoms with Crippen LogP contribution in [-0.2, 0) is 4.79 Å². The second kappa shape index (κ2) is 8.53. The summed E-state index contributed by atoms with van der Waals surface area (Å²) in [6, 6.07) is 9.45. The van der Waals surface area contributed by atoms with Gasteiger partial charge < -0.3 is 9.80 Å². The van der Waals surface area contributed by atoms with Crippen LogP contribution in [0, 0.1) is 6.92 Å². The molecule has 0 atom stereocenters. The highest BCUT2D eigenvalue weighted by Gasteiger charge is 2.21. The third-order valence-electron chi connectivity index (χ3n) is 4.58. The number of amides is 1. The van der Waals surface area contributed by atoms with Crippen molar-refractivity contribution in [2.75, 3.05) is 31.1 Å². The first-order valence-electron chi connectivity index (χ1n) is 9.25. The zero-order valence-electron chi connectivity index (χ0n) is 16.0. The van der Waals surface area contributed by atoms with Gasteiger partial charge in [-0.05, 0) is 30.7 Å². The molecule has 2 aromatic rings. The summed E-state index contributed by atoms with van der Waals surface area (Å²) >= 11 is 5.88. The van der Waals surface area contributed by atoms with Crippen molar-refractivity contribution in [2.24, 2.45) is 0 Å². The summed E-state index contributed by atoms with van der Waals surface area (Å²) in [5.41, 5.74) is 1.94. The maximum atomic E-state index is 12.4. The normalized spacial score (nSPS) is 15.0. The number of nitrogens with zero attached hydrogens (tertiary/aromatic N) is 4. The lowest BCUT2D eigenvalue weighted by molar-refractivity contribution is -0.126. The summed E-state index contributed by atoms with van der Waals surface area (Å²) < 4.78 is 0. The molecule has 5 nitrogen and oxygen atoms in total. The molecule has 1 aromatic carbocycles. The van der Waals surface area contributed by atoms with Crippen LogP contribution in [0.2, 0.25) is 5.02 Å². The van der Waals surface area contributed by atoms with Gasteiger partial charge in [-0.3, -0.25) is 4.79 Å². The minimum atomic E-state index is 0.0336. The molecule has 27 heavy (non-hydrogen) atoms. The molecule has 1 fully saturated rings. The number of aryl methyl sites for hydroxylation is 1. The van der Waals surface area contributed by atoms with Crippen molar-refractivity contribution >= 4 is 29.4 Å². The SMILES string of the molecule is Cc1cc(N2CCN(C(=O)/C=C/c3ccc(Cl)cc3)CC2)nc(C(C)C)n1. The molecule has 0 N–H and O–H groups in total. The Hall–Kier alpha value is -2.40. The first kappa shape index (κ1) is 19.4. The Bertz CT molecular complexity index is 825. The van der Waals surface area contributed by atoms with Gasteiger partial charge in [0.15, 0.2) is 0 Å². The average Bonchev–Trinajstić information content (AvgIpc) is 2.67. The smallest absolute Gasteiger partial charge is 0.246 e. The molecule has 1 aromatic heterocycles. The number of hydrogen-bond acceptors (Lipinski definition) is 4. The van der Waals surface area contributed by atoms with Gasteiger partial charge in [-0.1, -0.05) is 37.6 Å². The highest BCUT2D eigenvalue weighted by molar-refractivity contribution is 6.30. The predicted octanol–water partition coefficient (Wildman–Crippen LogP) is 3.92. The summed E-state index contributed by atoms with van der Waals surface area (Å²) in [5, 5.41) is 0.690. The summed E-state index contributed by atoms with van der Waals surface area (Å²) in [4.78, 5) is 25.8. The Morgan fingerprint density at radius 1 is 1.11 bits per heavy atom. The van der Waals surface area contributed by atoms with E-state index in [4.69, 9.17) is 16.6 Å². The van der Waals surface area contributed by atoms with Crippen LogP contribution in [0.4, 0.5) is 5.82 Å². The van der Waals surface area contributed by atoms with Crippen LogP contribution in [0.5, 0.6) is 0 Å². The number of carbonyl (C=O) groups is 1. The third-order valence-corrected chi connectivity index (χ3v) is 4.83. The molecule has 1 aliphatic heterocycles.